The first-order valence-electron chi connectivity index (χ1n) is 6.47. The summed E-state index contributed by atoms with van der Waals surface area (Å²) in [6.45, 7) is 2.97. The summed E-state index contributed by atoms with van der Waals surface area (Å²) in [4.78, 5) is 0. The van der Waals surface area contributed by atoms with Crippen molar-refractivity contribution < 1.29 is 17.9 Å². The van der Waals surface area contributed by atoms with Gasteiger partial charge in [-0.15, -0.1) is 0 Å². The molecule has 0 heterocycles. The summed E-state index contributed by atoms with van der Waals surface area (Å²) in [5, 5.41) is 3.30. The normalized spacial score (nSPS) is 13.1. The van der Waals surface area contributed by atoms with Crippen LogP contribution in [0.15, 0.2) is 24.3 Å². The third-order valence-electron chi connectivity index (χ3n) is 2.66. The highest BCUT2D eigenvalue weighted by atomic mass is 19.4. The maximum atomic E-state index is 12.0. The molecule has 0 radical (unpaired) electrons. The van der Waals surface area contributed by atoms with Gasteiger partial charge < -0.3 is 10.1 Å². The minimum atomic E-state index is -4.30. The molecule has 0 fully saturated rings. The van der Waals surface area contributed by atoms with Crippen molar-refractivity contribution in [3.8, 4) is 5.75 Å². The van der Waals surface area contributed by atoms with E-state index in [9.17, 15) is 13.2 Å². The van der Waals surface area contributed by atoms with Gasteiger partial charge in [0.2, 0.25) is 0 Å². The van der Waals surface area contributed by atoms with E-state index in [-0.39, 0.29) is 5.75 Å². The highest BCUT2D eigenvalue weighted by Gasteiger charge is 2.28. The number of anilines is 1. The van der Waals surface area contributed by atoms with E-state index in [0.717, 1.165) is 24.9 Å². The first-order chi connectivity index (χ1) is 8.90. The van der Waals surface area contributed by atoms with Crippen molar-refractivity contribution in [3.05, 3.63) is 24.3 Å². The second-order valence-corrected chi connectivity index (χ2v) is 4.62. The maximum absolute atomic E-state index is 12.0. The molecule has 1 aromatic carbocycles. The summed E-state index contributed by atoms with van der Waals surface area (Å²) in [6, 6.07) is 6.89. The van der Waals surface area contributed by atoms with Gasteiger partial charge in [0.15, 0.2) is 6.61 Å². The second-order valence-electron chi connectivity index (χ2n) is 4.62. The van der Waals surface area contributed by atoms with Gasteiger partial charge in [-0.1, -0.05) is 19.8 Å². The third kappa shape index (κ3) is 6.94. The number of unbranched alkanes of at least 4 members (excludes halogenated alkanes) is 1. The minimum absolute atomic E-state index is 0.226. The molecule has 0 aliphatic rings. The zero-order chi connectivity index (χ0) is 14.3. The predicted octanol–water partition coefficient (Wildman–Crippen LogP) is 4.62. The molecule has 5 heteroatoms. The van der Waals surface area contributed by atoms with Gasteiger partial charge in [0.05, 0.1) is 0 Å². The molecule has 0 aromatic heterocycles. The Hall–Kier alpha value is -1.39. The highest BCUT2D eigenvalue weighted by molar-refractivity contribution is 5.46. The standard InChI is InChI=1S/C14H20F3NO/c1-3-4-5-11(2)18-12-6-8-13(9-7-12)19-10-14(15,16)17/h6-9,11,18H,3-5,10H2,1-2H3. The summed E-state index contributed by atoms with van der Waals surface area (Å²) in [6.07, 6.45) is -0.925. The Morgan fingerprint density at radius 2 is 1.84 bits per heavy atom. The Labute approximate surface area is 112 Å². The SMILES string of the molecule is CCCCC(C)Nc1ccc(OCC(F)(F)F)cc1. The fraction of sp³-hybridized carbons (Fsp3) is 0.571. The van der Waals surface area contributed by atoms with Gasteiger partial charge >= 0.3 is 6.18 Å². The van der Waals surface area contributed by atoms with Crippen LogP contribution in [0.4, 0.5) is 18.9 Å². The van der Waals surface area contributed by atoms with Crippen molar-refractivity contribution in [2.75, 3.05) is 11.9 Å². The average Bonchev–Trinajstić information content (AvgIpc) is 2.34. The number of hydrogen-bond donors (Lipinski definition) is 1. The number of rotatable bonds is 7. The Balaban J connectivity index is 2.43. The Morgan fingerprint density at radius 1 is 1.21 bits per heavy atom. The van der Waals surface area contributed by atoms with Gasteiger partial charge in [0.25, 0.3) is 0 Å². The van der Waals surface area contributed by atoms with Crippen molar-refractivity contribution >= 4 is 5.69 Å². The van der Waals surface area contributed by atoms with Gasteiger partial charge in [0.1, 0.15) is 5.75 Å². The minimum Gasteiger partial charge on any atom is -0.484 e. The van der Waals surface area contributed by atoms with Crippen molar-refractivity contribution in [2.24, 2.45) is 0 Å². The topological polar surface area (TPSA) is 21.3 Å². The molecule has 108 valence electrons. The van der Waals surface area contributed by atoms with E-state index >= 15 is 0 Å². The predicted molar refractivity (Wildman–Crippen MR) is 70.6 cm³/mol. The summed E-state index contributed by atoms with van der Waals surface area (Å²) in [7, 11) is 0. The molecule has 2 nitrogen and oxygen atoms in total. The van der Waals surface area contributed by atoms with Crippen LogP contribution >= 0.6 is 0 Å². The third-order valence-corrected chi connectivity index (χ3v) is 2.66. The quantitative estimate of drug-likeness (QED) is 0.784. The van der Waals surface area contributed by atoms with Crippen LogP contribution in [0.2, 0.25) is 0 Å². The van der Waals surface area contributed by atoms with E-state index < -0.39 is 12.8 Å². The van der Waals surface area contributed by atoms with Crippen LogP contribution in [-0.4, -0.2) is 18.8 Å². The molecule has 1 N–H and O–H groups in total. The van der Waals surface area contributed by atoms with E-state index in [0.29, 0.717) is 6.04 Å². The number of alkyl halides is 3. The highest BCUT2D eigenvalue weighted by Crippen LogP contribution is 2.20. The van der Waals surface area contributed by atoms with E-state index in [1.165, 1.54) is 0 Å². The first kappa shape index (κ1) is 15.7. The van der Waals surface area contributed by atoms with Crippen LogP contribution in [0.3, 0.4) is 0 Å². The zero-order valence-corrected chi connectivity index (χ0v) is 11.3. The molecule has 1 atom stereocenters. The Kier molecular flexibility index (Phi) is 5.99. The smallest absolute Gasteiger partial charge is 0.422 e. The fourth-order valence-electron chi connectivity index (χ4n) is 1.68. The largest absolute Gasteiger partial charge is 0.484 e. The van der Waals surface area contributed by atoms with E-state index in [1.807, 2.05) is 0 Å². The number of halogens is 3. The molecule has 0 amide bonds. The zero-order valence-electron chi connectivity index (χ0n) is 11.3. The number of nitrogens with one attached hydrogen (secondary N) is 1. The summed E-state index contributed by atoms with van der Waals surface area (Å²) in [5.41, 5.74) is 0.892. The van der Waals surface area contributed by atoms with Crippen LogP contribution < -0.4 is 10.1 Å². The number of benzene rings is 1. The second kappa shape index (κ2) is 7.26. The molecule has 0 saturated heterocycles. The van der Waals surface area contributed by atoms with E-state index in [4.69, 9.17) is 0 Å². The van der Waals surface area contributed by atoms with E-state index in [1.54, 1.807) is 24.3 Å². The van der Waals surface area contributed by atoms with Crippen molar-refractivity contribution in [1.82, 2.24) is 0 Å². The molecule has 0 aliphatic carbocycles. The molecule has 0 saturated carbocycles. The van der Waals surface area contributed by atoms with Crippen molar-refractivity contribution in [3.63, 3.8) is 0 Å². The molecular formula is C14H20F3NO. The van der Waals surface area contributed by atoms with Gasteiger partial charge in [-0.25, -0.2) is 0 Å². The average molecular weight is 275 g/mol. The molecule has 1 aromatic rings. The summed E-state index contributed by atoms with van der Waals surface area (Å²) in [5.74, 6) is 0.226. The number of ether oxygens (including phenoxy) is 1. The lowest BCUT2D eigenvalue weighted by Gasteiger charge is -2.15. The van der Waals surface area contributed by atoms with Crippen LogP contribution in [0.1, 0.15) is 33.1 Å². The first-order valence-corrected chi connectivity index (χ1v) is 6.47. The fourth-order valence-corrected chi connectivity index (χ4v) is 1.68. The lowest BCUT2D eigenvalue weighted by molar-refractivity contribution is -0.153. The Morgan fingerprint density at radius 3 is 2.37 bits per heavy atom. The molecule has 0 aliphatic heterocycles. The van der Waals surface area contributed by atoms with Gasteiger partial charge in [-0.3, -0.25) is 0 Å². The van der Waals surface area contributed by atoms with Crippen molar-refractivity contribution in [2.45, 2.75) is 45.3 Å². The van der Waals surface area contributed by atoms with Crippen LogP contribution in [-0.2, 0) is 0 Å². The van der Waals surface area contributed by atoms with Gasteiger partial charge in [-0.2, -0.15) is 13.2 Å². The Bertz CT molecular complexity index is 362. The van der Waals surface area contributed by atoms with Crippen molar-refractivity contribution in [1.29, 1.82) is 0 Å². The van der Waals surface area contributed by atoms with Gasteiger partial charge in [-0.05, 0) is 37.6 Å². The van der Waals surface area contributed by atoms with Gasteiger partial charge in [0, 0.05) is 11.7 Å². The summed E-state index contributed by atoms with van der Waals surface area (Å²) >= 11 is 0. The van der Waals surface area contributed by atoms with E-state index in [2.05, 4.69) is 23.9 Å². The summed E-state index contributed by atoms with van der Waals surface area (Å²) < 4.78 is 40.6. The molecule has 1 unspecified atom stereocenters. The lowest BCUT2D eigenvalue weighted by atomic mass is 10.1. The monoisotopic (exact) mass is 275 g/mol. The molecular weight excluding hydrogens is 255 g/mol. The maximum Gasteiger partial charge on any atom is 0.422 e. The molecule has 19 heavy (non-hydrogen) atoms. The molecule has 0 bridgehead atoms. The lowest BCUT2D eigenvalue weighted by Crippen LogP contribution is -2.19. The van der Waals surface area contributed by atoms with Crippen LogP contribution in [0.25, 0.3) is 0 Å². The van der Waals surface area contributed by atoms with Crippen LogP contribution in [0.5, 0.6) is 5.75 Å². The molecule has 0 spiro atoms. The van der Waals surface area contributed by atoms with Crippen LogP contribution in [0, 0.1) is 0 Å². The number of hydrogen-bond acceptors (Lipinski definition) is 2. The molecule has 1 rings (SSSR count).